The molecule has 1 unspecified atom stereocenters. The minimum Gasteiger partial charge on any atom is -0.481 e. The van der Waals surface area contributed by atoms with Gasteiger partial charge in [-0.15, -0.1) is 0 Å². The monoisotopic (exact) mass is 415 g/mol. The minimum absolute atomic E-state index is 0.0185. The van der Waals surface area contributed by atoms with Crippen molar-refractivity contribution in [3.8, 4) is 5.75 Å². The number of fused-ring (bicyclic) bond motifs is 1. The van der Waals surface area contributed by atoms with E-state index in [4.69, 9.17) is 16.3 Å². The van der Waals surface area contributed by atoms with Crippen LogP contribution in [0.5, 0.6) is 5.75 Å². The van der Waals surface area contributed by atoms with Crippen LogP contribution in [-0.4, -0.2) is 29.5 Å². The van der Waals surface area contributed by atoms with Crippen molar-refractivity contribution in [1.82, 2.24) is 4.90 Å². The van der Waals surface area contributed by atoms with E-state index in [9.17, 15) is 9.59 Å². The molecular formula is C22H26ClN3O3. The van der Waals surface area contributed by atoms with Crippen molar-refractivity contribution in [3.63, 3.8) is 0 Å². The summed E-state index contributed by atoms with van der Waals surface area (Å²) in [5.74, 6) is 1.15. The molecule has 7 heteroatoms. The minimum atomic E-state index is -0.534. The summed E-state index contributed by atoms with van der Waals surface area (Å²) in [6, 6.07) is 12.0. The molecule has 0 bridgehead atoms. The van der Waals surface area contributed by atoms with Gasteiger partial charge in [0.05, 0.1) is 0 Å². The number of hydrogen-bond donors (Lipinski definition) is 2. The molecule has 0 saturated heterocycles. The lowest BCUT2D eigenvalue weighted by atomic mass is 10.1. The van der Waals surface area contributed by atoms with Gasteiger partial charge in [-0.1, -0.05) is 31.5 Å². The Labute approximate surface area is 176 Å². The molecule has 0 saturated carbocycles. The van der Waals surface area contributed by atoms with Crippen LogP contribution in [0.15, 0.2) is 42.5 Å². The Balaban J connectivity index is 1.73. The van der Waals surface area contributed by atoms with Crippen molar-refractivity contribution < 1.29 is 14.3 Å². The third-order valence-electron chi connectivity index (χ3n) is 4.70. The van der Waals surface area contributed by atoms with Gasteiger partial charge in [-0.3, -0.25) is 4.79 Å². The summed E-state index contributed by atoms with van der Waals surface area (Å²) in [5, 5.41) is 6.11. The maximum atomic E-state index is 12.6. The van der Waals surface area contributed by atoms with E-state index in [0.717, 1.165) is 12.0 Å². The van der Waals surface area contributed by atoms with Crippen LogP contribution in [0.25, 0.3) is 0 Å². The van der Waals surface area contributed by atoms with Gasteiger partial charge in [0.25, 0.3) is 5.91 Å². The summed E-state index contributed by atoms with van der Waals surface area (Å²) < 4.78 is 5.84. The molecule has 3 rings (SSSR count). The molecule has 2 aromatic carbocycles. The number of hydrogen-bond acceptors (Lipinski definition) is 3. The lowest BCUT2D eigenvalue weighted by Crippen LogP contribution is -2.38. The number of amides is 3. The quantitative estimate of drug-likeness (QED) is 0.710. The predicted octanol–water partition coefficient (Wildman–Crippen LogP) is 5.14. The molecule has 1 aliphatic rings. The van der Waals surface area contributed by atoms with Crippen LogP contribution in [0.2, 0.25) is 5.02 Å². The summed E-state index contributed by atoms with van der Waals surface area (Å²) in [4.78, 5) is 26.8. The Morgan fingerprint density at radius 3 is 2.62 bits per heavy atom. The van der Waals surface area contributed by atoms with Crippen LogP contribution in [-0.2, 0) is 11.3 Å². The Morgan fingerprint density at radius 1 is 1.21 bits per heavy atom. The van der Waals surface area contributed by atoms with Gasteiger partial charge in [-0.2, -0.15) is 0 Å². The highest BCUT2D eigenvalue weighted by atomic mass is 35.5. The lowest BCUT2D eigenvalue weighted by Gasteiger charge is -2.23. The van der Waals surface area contributed by atoms with Gasteiger partial charge in [0.2, 0.25) is 0 Å². The summed E-state index contributed by atoms with van der Waals surface area (Å²) in [7, 11) is 0. The van der Waals surface area contributed by atoms with Gasteiger partial charge in [0.1, 0.15) is 5.75 Å². The average molecular weight is 416 g/mol. The van der Waals surface area contributed by atoms with E-state index in [1.165, 1.54) is 0 Å². The molecule has 3 amide bonds. The number of halogens is 1. The summed E-state index contributed by atoms with van der Waals surface area (Å²) in [5.41, 5.74) is 2.09. The van der Waals surface area contributed by atoms with Gasteiger partial charge in [0, 0.05) is 35.1 Å². The van der Waals surface area contributed by atoms with Crippen molar-refractivity contribution in [3.05, 3.63) is 53.1 Å². The Morgan fingerprint density at radius 2 is 1.93 bits per heavy atom. The number of benzene rings is 2. The largest absolute Gasteiger partial charge is 0.481 e. The fourth-order valence-corrected chi connectivity index (χ4v) is 3.33. The molecule has 0 aromatic heterocycles. The van der Waals surface area contributed by atoms with Crippen LogP contribution >= 0.6 is 11.6 Å². The first kappa shape index (κ1) is 21.0. The van der Waals surface area contributed by atoms with Crippen molar-refractivity contribution in [2.75, 3.05) is 17.2 Å². The molecule has 29 heavy (non-hydrogen) atoms. The number of anilines is 2. The van der Waals surface area contributed by atoms with E-state index < -0.39 is 6.10 Å². The van der Waals surface area contributed by atoms with E-state index in [1.54, 1.807) is 43.3 Å². The fourth-order valence-electron chi connectivity index (χ4n) is 3.14. The van der Waals surface area contributed by atoms with E-state index in [1.807, 2.05) is 11.0 Å². The zero-order chi connectivity index (χ0) is 21.0. The van der Waals surface area contributed by atoms with Crippen molar-refractivity contribution >= 4 is 34.9 Å². The van der Waals surface area contributed by atoms with Crippen LogP contribution < -0.4 is 15.4 Å². The highest BCUT2D eigenvalue weighted by Crippen LogP contribution is 2.29. The van der Waals surface area contributed by atoms with Crippen molar-refractivity contribution in [1.29, 1.82) is 0 Å². The second kappa shape index (κ2) is 9.18. The third kappa shape index (κ3) is 5.64. The van der Waals surface area contributed by atoms with Crippen LogP contribution in [0.1, 0.15) is 32.8 Å². The Hall–Kier alpha value is -2.73. The molecule has 1 atom stereocenters. The molecule has 2 aromatic rings. The second-order valence-electron chi connectivity index (χ2n) is 7.61. The maximum absolute atomic E-state index is 12.6. The molecule has 0 fully saturated rings. The predicted molar refractivity (Wildman–Crippen MR) is 115 cm³/mol. The number of urea groups is 1. The fraction of sp³-hybridized carbons (Fsp3) is 0.364. The van der Waals surface area contributed by atoms with Gasteiger partial charge in [-0.05, 0) is 55.7 Å². The zero-order valence-corrected chi connectivity index (χ0v) is 17.6. The van der Waals surface area contributed by atoms with Gasteiger partial charge in [-0.25, -0.2) is 4.79 Å². The van der Waals surface area contributed by atoms with E-state index in [0.29, 0.717) is 41.2 Å². The number of rotatable bonds is 5. The number of carbonyl (C=O) groups excluding carboxylic acids is 2. The zero-order valence-electron chi connectivity index (χ0n) is 16.9. The van der Waals surface area contributed by atoms with E-state index >= 15 is 0 Å². The first-order chi connectivity index (χ1) is 13.8. The summed E-state index contributed by atoms with van der Waals surface area (Å²) in [6.07, 6.45) is 0.390. The molecule has 1 aliphatic heterocycles. The average Bonchev–Trinajstić information content (AvgIpc) is 2.76. The molecule has 6 nitrogen and oxygen atoms in total. The van der Waals surface area contributed by atoms with Crippen molar-refractivity contribution in [2.24, 2.45) is 5.92 Å². The topological polar surface area (TPSA) is 70.7 Å². The van der Waals surface area contributed by atoms with Gasteiger partial charge >= 0.3 is 6.03 Å². The highest BCUT2D eigenvalue weighted by molar-refractivity contribution is 6.30. The van der Waals surface area contributed by atoms with E-state index in [-0.39, 0.29) is 11.9 Å². The first-order valence-electron chi connectivity index (χ1n) is 9.74. The number of ether oxygens (including phenoxy) is 1. The Bertz CT molecular complexity index is 901. The molecule has 0 radical (unpaired) electrons. The van der Waals surface area contributed by atoms with Gasteiger partial charge in [0.15, 0.2) is 6.10 Å². The normalized spacial score (nSPS) is 16.1. The number of nitrogens with zero attached hydrogens (tertiary/aromatic N) is 1. The smallest absolute Gasteiger partial charge is 0.323 e. The van der Waals surface area contributed by atoms with Crippen molar-refractivity contribution in [2.45, 2.75) is 39.8 Å². The molecule has 0 aliphatic carbocycles. The molecular weight excluding hydrogens is 390 g/mol. The summed E-state index contributed by atoms with van der Waals surface area (Å²) in [6.45, 7) is 7.17. The first-order valence-corrected chi connectivity index (χ1v) is 10.1. The molecule has 2 N–H and O–H groups in total. The SMILES string of the molecule is CC(C)CCN1Cc2cc(NC(=O)Nc3cccc(Cl)c3)ccc2OC(C)C1=O. The Kier molecular flexibility index (Phi) is 6.64. The second-order valence-corrected chi connectivity index (χ2v) is 8.05. The summed E-state index contributed by atoms with van der Waals surface area (Å²) >= 11 is 5.95. The standard InChI is InChI=1S/C22H26ClN3O3/c1-14(2)9-10-26-13-16-11-19(7-8-20(16)29-15(3)21(26)27)25-22(28)24-18-6-4-5-17(23)12-18/h4-8,11-12,14-15H,9-10,13H2,1-3H3,(H2,24,25,28). The third-order valence-corrected chi connectivity index (χ3v) is 4.94. The lowest BCUT2D eigenvalue weighted by molar-refractivity contribution is -0.137. The molecule has 1 heterocycles. The van der Waals surface area contributed by atoms with E-state index in [2.05, 4.69) is 24.5 Å². The van der Waals surface area contributed by atoms with Crippen LogP contribution in [0.4, 0.5) is 16.2 Å². The van der Waals surface area contributed by atoms with Gasteiger partial charge < -0.3 is 20.3 Å². The number of nitrogens with one attached hydrogen (secondary N) is 2. The number of carbonyl (C=O) groups is 2. The van der Waals surface area contributed by atoms with Crippen LogP contribution in [0, 0.1) is 5.92 Å². The highest BCUT2D eigenvalue weighted by Gasteiger charge is 2.27. The molecule has 154 valence electrons. The maximum Gasteiger partial charge on any atom is 0.323 e. The van der Waals surface area contributed by atoms with Crippen LogP contribution in [0.3, 0.4) is 0 Å². The molecule has 0 spiro atoms.